The number of carbonyl (C=O) groups is 1. The molecule has 3 N–H and O–H groups in total. The van der Waals surface area contributed by atoms with Gasteiger partial charge in [0, 0.05) is 18.5 Å². The van der Waals surface area contributed by atoms with Crippen LogP contribution in [0, 0.1) is 10.8 Å². The van der Waals surface area contributed by atoms with Crippen molar-refractivity contribution in [3.05, 3.63) is 0 Å². The standard InChI is InChI=1S/C12H22N2O2/c1-2-11(3-4-11)7-13-10(16)14-8-12(9-15)5-6-12/h15H,2-9H2,1H3,(H2,13,14,16). The van der Waals surface area contributed by atoms with Gasteiger partial charge in [-0.15, -0.1) is 0 Å². The van der Waals surface area contributed by atoms with Crippen LogP contribution in [0.1, 0.15) is 39.0 Å². The molecule has 2 saturated carbocycles. The lowest BCUT2D eigenvalue weighted by Gasteiger charge is -2.16. The normalized spacial score (nSPS) is 23.6. The van der Waals surface area contributed by atoms with E-state index in [-0.39, 0.29) is 18.1 Å². The fraction of sp³-hybridized carbons (Fsp3) is 0.917. The number of aliphatic hydroxyl groups excluding tert-OH is 1. The highest BCUT2D eigenvalue weighted by Gasteiger charge is 2.43. The maximum absolute atomic E-state index is 11.5. The molecular weight excluding hydrogens is 204 g/mol. The van der Waals surface area contributed by atoms with Gasteiger partial charge in [-0.2, -0.15) is 0 Å². The highest BCUT2D eigenvalue weighted by molar-refractivity contribution is 5.74. The lowest BCUT2D eigenvalue weighted by molar-refractivity contribution is 0.202. The molecule has 0 aromatic heterocycles. The summed E-state index contributed by atoms with van der Waals surface area (Å²) < 4.78 is 0. The largest absolute Gasteiger partial charge is 0.396 e. The zero-order valence-electron chi connectivity index (χ0n) is 10.0. The topological polar surface area (TPSA) is 61.4 Å². The van der Waals surface area contributed by atoms with Crippen molar-refractivity contribution in [3.63, 3.8) is 0 Å². The Kier molecular flexibility index (Phi) is 3.10. The van der Waals surface area contributed by atoms with Crippen molar-refractivity contribution in [2.45, 2.75) is 39.0 Å². The molecule has 0 aromatic rings. The molecule has 0 aliphatic heterocycles. The molecule has 0 heterocycles. The van der Waals surface area contributed by atoms with Gasteiger partial charge in [0.2, 0.25) is 0 Å². The van der Waals surface area contributed by atoms with E-state index in [1.807, 2.05) is 0 Å². The van der Waals surface area contributed by atoms with Crippen LogP contribution in [0.2, 0.25) is 0 Å². The summed E-state index contributed by atoms with van der Waals surface area (Å²) in [6.07, 6.45) is 5.69. The summed E-state index contributed by atoms with van der Waals surface area (Å²) in [5.41, 5.74) is 0.394. The van der Waals surface area contributed by atoms with Crippen LogP contribution in [-0.2, 0) is 0 Å². The number of carbonyl (C=O) groups excluding carboxylic acids is 1. The van der Waals surface area contributed by atoms with Crippen LogP contribution in [0.4, 0.5) is 4.79 Å². The van der Waals surface area contributed by atoms with E-state index in [2.05, 4.69) is 17.6 Å². The van der Waals surface area contributed by atoms with Crippen molar-refractivity contribution in [2.75, 3.05) is 19.7 Å². The Morgan fingerprint density at radius 3 is 2.00 bits per heavy atom. The summed E-state index contributed by atoms with van der Waals surface area (Å²) in [6.45, 7) is 3.76. The van der Waals surface area contributed by atoms with Gasteiger partial charge in [-0.1, -0.05) is 6.92 Å². The molecular formula is C12H22N2O2. The van der Waals surface area contributed by atoms with Crippen LogP contribution in [0.15, 0.2) is 0 Å². The Morgan fingerprint density at radius 2 is 1.62 bits per heavy atom. The van der Waals surface area contributed by atoms with Gasteiger partial charge in [-0.3, -0.25) is 0 Å². The molecule has 0 atom stereocenters. The number of hydrogen-bond donors (Lipinski definition) is 3. The monoisotopic (exact) mass is 226 g/mol. The van der Waals surface area contributed by atoms with Crippen molar-refractivity contribution < 1.29 is 9.90 Å². The fourth-order valence-electron chi connectivity index (χ4n) is 2.00. The number of aliphatic hydroxyl groups is 1. The van der Waals surface area contributed by atoms with E-state index >= 15 is 0 Å². The molecule has 16 heavy (non-hydrogen) atoms. The summed E-state index contributed by atoms with van der Waals surface area (Å²) in [7, 11) is 0. The number of hydrogen-bond acceptors (Lipinski definition) is 2. The average molecular weight is 226 g/mol. The lowest BCUT2D eigenvalue weighted by atomic mass is 10.0. The van der Waals surface area contributed by atoms with Crippen LogP contribution in [0.25, 0.3) is 0 Å². The smallest absolute Gasteiger partial charge is 0.314 e. The predicted octanol–water partition coefficient (Wildman–Crippen LogP) is 1.25. The molecule has 2 rings (SSSR count). The second kappa shape index (κ2) is 4.24. The molecule has 2 aliphatic carbocycles. The minimum atomic E-state index is -0.0838. The Balaban J connectivity index is 1.61. The minimum absolute atomic E-state index is 0.000631. The SMILES string of the molecule is CCC1(CNC(=O)NCC2(CO)CC2)CC1. The third-order valence-electron chi connectivity index (χ3n) is 4.25. The minimum Gasteiger partial charge on any atom is -0.396 e. The van der Waals surface area contributed by atoms with Crippen molar-refractivity contribution in [2.24, 2.45) is 10.8 Å². The predicted molar refractivity (Wildman–Crippen MR) is 62.1 cm³/mol. The molecule has 2 amide bonds. The van der Waals surface area contributed by atoms with Crippen LogP contribution in [0.5, 0.6) is 0 Å². The Bertz CT molecular complexity index is 244. The van der Waals surface area contributed by atoms with E-state index < -0.39 is 0 Å². The Morgan fingerprint density at radius 1 is 1.12 bits per heavy atom. The quantitative estimate of drug-likeness (QED) is 0.638. The highest BCUT2D eigenvalue weighted by Crippen LogP contribution is 2.47. The van der Waals surface area contributed by atoms with Gasteiger partial charge in [0.15, 0.2) is 0 Å². The third-order valence-corrected chi connectivity index (χ3v) is 4.25. The first-order chi connectivity index (χ1) is 7.64. The van der Waals surface area contributed by atoms with E-state index in [9.17, 15) is 4.79 Å². The van der Waals surface area contributed by atoms with Crippen molar-refractivity contribution in [1.82, 2.24) is 10.6 Å². The molecule has 0 bridgehead atoms. The van der Waals surface area contributed by atoms with Gasteiger partial charge < -0.3 is 15.7 Å². The maximum Gasteiger partial charge on any atom is 0.314 e. The lowest BCUT2D eigenvalue weighted by Crippen LogP contribution is -2.41. The second-order valence-electron chi connectivity index (χ2n) is 5.55. The zero-order valence-corrected chi connectivity index (χ0v) is 10.0. The zero-order chi connectivity index (χ0) is 11.6. The van der Waals surface area contributed by atoms with E-state index in [0.29, 0.717) is 12.0 Å². The Hall–Kier alpha value is -0.770. The van der Waals surface area contributed by atoms with Gasteiger partial charge in [0.05, 0.1) is 6.61 Å². The number of rotatable bonds is 6. The molecule has 4 heteroatoms. The van der Waals surface area contributed by atoms with Crippen LogP contribution in [0.3, 0.4) is 0 Å². The van der Waals surface area contributed by atoms with Crippen molar-refractivity contribution in [3.8, 4) is 0 Å². The molecule has 4 nitrogen and oxygen atoms in total. The van der Waals surface area contributed by atoms with Crippen LogP contribution in [-0.4, -0.2) is 30.8 Å². The first-order valence-corrected chi connectivity index (χ1v) is 6.26. The third kappa shape index (κ3) is 2.67. The first kappa shape index (κ1) is 11.7. The summed E-state index contributed by atoms with van der Waals surface area (Å²) in [5, 5.41) is 14.9. The van der Waals surface area contributed by atoms with E-state index in [4.69, 9.17) is 5.11 Å². The summed E-state index contributed by atoms with van der Waals surface area (Å²) in [6, 6.07) is -0.0838. The van der Waals surface area contributed by atoms with Gasteiger partial charge in [0.1, 0.15) is 0 Å². The number of amides is 2. The summed E-state index contributed by atoms with van der Waals surface area (Å²) >= 11 is 0. The molecule has 0 unspecified atom stereocenters. The number of nitrogens with one attached hydrogen (secondary N) is 2. The van der Waals surface area contributed by atoms with Crippen molar-refractivity contribution in [1.29, 1.82) is 0 Å². The van der Waals surface area contributed by atoms with Crippen LogP contribution >= 0.6 is 0 Å². The second-order valence-corrected chi connectivity index (χ2v) is 5.55. The summed E-state index contributed by atoms with van der Waals surface area (Å²) in [4.78, 5) is 11.5. The molecule has 0 saturated heterocycles. The Labute approximate surface area is 96.8 Å². The molecule has 2 fully saturated rings. The summed E-state index contributed by atoms with van der Waals surface area (Å²) in [5.74, 6) is 0. The first-order valence-electron chi connectivity index (χ1n) is 6.26. The van der Waals surface area contributed by atoms with Gasteiger partial charge in [-0.25, -0.2) is 4.79 Å². The molecule has 2 aliphatic rings. The van der Waals surface area contributed by atoms with E-state index in [1.165, 1.54) is 12.8 Å². The fourth-order valence-corrected chi connectivity index (χ4v) is 2.00. The average Bonchev–Trinajstić information content (AvgIpc) is 3.20. The maximum atomic E-state index is 11.5. The molecule has 0 aromatic carbocycles. The van der Waals surface area contributed by atoms with E-state index in [0.717, 1.165) is 25.8 Å². The highest BCUT2D eigenvalue weighted by atomic mass is 16.3. The molecule has 0 spiro atoms. The van der Waals surface area contributed by atoms with Crippen molar-refractivity contribution >= 4 is 6.03 Å². The molecule has 0 radical (unpaired) electrons. The molecule has 92 valence electrons. The van der Waals surface area contributed by atoms with E-state index in [1.54, 1.807) is 0 Å². The van der Waals surface area contributed by atoms with Gasteiger partial charge in [0.25, 0.3) is 0 Å². The van der Waals surface area contributed by atoms with Gasteiger partial charge in [-0.05, 0) is 37.5 Å². The van der Waals surface area contributed by atoms with Gasteiger partial charge >= 0.3 is 6.03 Å². The number of urea groups is 1. The van der Waals surface area contributed by atoms with Crippen LogP contribution < -0.4 is 10.6 Å².